The summed E-state index contributed by atoms with van der Waals surface area (Å²) in [5.41, 5.74) is 2.30. The Hall–Kier alpha value is -1.55. The van der Waals surface area contributed by atoms with Crippen LogP contribution in [0.1, 0.15) is 24.2 Å². The molecule has 0 fully saturated rings. The molecule has 0 aromatic heterocycles. The van der Waals surface area contributed by atoms with Crippen LogP contribution >= 0.6 is 23.2 Å². The molecule has 0 bridgehead atoms. The van der Waals surface area contributed by atoms with E-state index in [1.807, 2.05) is 18.2 Å². The van der Waals surface area contributed by atoms with Gasteiger partial charge in [-0.2, -0.15) is 0 Å². The molecular formula is C16H13Cl2NO2. The number of fused-ring (bicyclic) bond motifs is 1. The molecule has 3 nitrogen and oxygen atoms in total. The van der Waals surface area contributed by atoms with Gasteiger partial charge >= 0.3 is 0 Å². The first kappa shape index (κ1) is 14.4. The average Bonchev–Trinajstić information content (AvgIpc) is 2.58. The van der Waals surface area contributed by atoms with E-state index in [1.165, 1.54) is 0 Å². The number of nitrogens with one attached hydrogen (secondary N) is 1. The van der Waals surface area contributed by atoms with Gasteiger partial charge in [0.15, 0.2) is 0 Å². The van der Waals surface area contributed by atoms with Crippen LogP contribution in [0.3, 0.4) is 0 Å². The number of hydrogen-bond donors (Lipinski definition) is 1. The molecule has 0 spiro atoms. The van der Waals surface area contributed by atoms with Crippen molar-refractivity contribution in [3.63, 3.8) is 0 Å². The van der Waals surface area contributed by atoms with Crippen LogP contribution < -0.4 is 5.32 Å². The fourth-order valence-corrected chi connectivity index (χ4v) is 2.78. The van der Waals surface area contributed by atoms with Gasteiger partial charge in [-0.25, -0.2) is 0 Å². The van der Waals surface area contributed by atoms with E-state index in [0.717, 1.165) is 11.1 Å². The molecule has 2 unspecified atom stereocenters. The van der Waals surface area contributed by atoms with Crippen LogP contribution in [0, 0.1) is 0 Å². The van der Waals surface area contributed by atoms with Gasteiger partial charge in [0.25, 0.3) is 5.91 Å². The zero-order valence-corrected chi connectivity index (χ0v) is 12.8. The highest BCUT2D eigenvalue weighted by Crippen LogP contribution is 2.39. The number of carbonyl (C=O) groups excluding carboxylic acids is 1. The van der Waals surface area contributed by atoms with E-state index in [1.54, 1.807) is 31.2 Å². The SMILES string of the molecule is CC1OC(c2ccccc2Cl)c2cc(Cl)ccc2NC1=O. The Labute approximate surface area is 132 Å². The normalized spacial score (nSPS) is 21.4. The highest BCUT2D eigenvalue weighted by atomic mass is 35.5. The number of carbonyl (C=O) groups is 1. The highest BCUT2D eigenvalue weighted by molar-refractivity contribution is 6.31. The molecule has 0 radical (unpaired) electrons. The van der Waals surface area contributed by atoms with Gasteiger partial charge in [0.2, 0.25) is 0 Å². The molecule has 1 amide bonds. The number of anilines is 1. The van der Waals surface area contributed by atoms with Crippen molar-refractivity contribution < 1.29 is 9.53 Å². The number of halogens is 2. The molecule has 0 saturated heterocycles. The first-order valence-electron chi connectivity index (χ1n) is 6.56. The predicted molar refractivity (Wildman–Crippen MR) is 83.9 cm³/mol. The van der Waals surface area contributed by atoms with E-state index in [2.05, 4.69) is 5.32 Å². The molecular weight excluding hydrogens is 309 g/mol. The smallest absolute Gasteiger partial charge is 0.253 e. The van der Waals surface area contributed by atoms with Crippen molar-refractivity contribution in [3.05, 3.63) is 63.6 Å². The summed E-state index contributed by atoms with van der Waals surface area (Å²) in [7, 11) is 0. The van der Waals surface area contributed by atoms with Gasteiger partial charge in [0, 0.05) is 26.9 Å². The van der Waals surface area contributed by atoms with Gasteiger partial charge < -0.3 is 10.1 Å². The van der Waals surface area contributed by atoms with Crippen molar-refractivity contribution in [2.45, 2.75) is 19.1 Å². The second-order valence-corrected chi connectivity index (χ2v) is 5.74. The van der Waals surface area contributed by atoms with E-state index in [9.17, 15) is 4.79 Å². The fraction of sp³-hybridized carbons (Fsp3) is 0.188. The Balaban J connectivity index is 2.17. The topological polar surface area (TPSA) is 38.3 Å². The molecule has 2 atom stereocenters. The summed E-state index contributed by atoms with van der Waals surface area (Å²) in [6.07, 6.45) is -1.03. The number of amides is 1. The average molecular weight is 322 g/mol. The van der Waals surface area contributed by atoms with Crippen LogP contribution in [0.25, 0.3) is 0 Å². The first-order valence-corrected chi connectivity index (χ1v) is 7.32. The van der Waals surface area contributed by atoms with Crippen molar-refractivity contribution >= 4 is 34.8 Å². The van der Waals surface area contributed by atoms with Crippen molar-refractivity contribution in [2.24, 2.45) is 0 Å². The lowest BCUT2D eigenvalue weighted by Gasteiger charge is -2.21. The summed E-state index contributed by atoms with van der Waals surface area (Å²) in [5, 5.41) is 4.03. The molecule has 0 aliphatic carbocycles. The minimum atomic E-state index is -0.586. The maximum absolute atomic E-state index is 12.0. The molecule has 1 N–H and O–H groups in total. The van der Waals surface area contributed by atoms with Crippen LogP contribution in [0.5, 0.6) is 0 Å². The summed E-state index contributed by atoms with van der Waals surface area (Å²) >= 11 is 12.4. The van der Waals surface area contributed by atoms with Gasteiger partial charge in [-0.1, -0.05) is 41.4 Å². The van der Waals surface area contributed by atoms with Gasteiger partial charge in [-0.3, -0.25) is 4.79 Å². The Kier molecular flexibility index (Phi) is 3.89. The number of rotatable bonds is 1. The molecule has 21 heavy (non-hydrogen) atoms. The summed E-state index contributed by atoms with van der Waals surface area (Å²) in [5.74, 6) is -0.187. The lowest BCUT2D eigenvalue weighted by Crippen LogP contribution is -2.26. The molecule has 1 aliphatic heterocycles. The predicted octanol–water partition coefficient (Wildman–Crippen LogP) is 4.44. The van der Waals surface area contributed by atoms with E-state index >= 15 is 0 Å². The Bertz CT molecular complexity index is 702. The molecule has 0 saturated carbocycles. The molecule has 2 aromatic carbocycles. The van der Waals surface area contributed by atoms with Crippen LogP contribution in [0.15, 0.2) is 42.5 Å². The summed E-state index contributed by atoms with van der Waals surface area (Å²) in [6, 6.07) is 12.7. The van der Waals surface area contributed by atoms with Gasteiger partial charge in [-0.05, 0) is 31.2 Å². The molecule has 5 heteroatoms. The zero-order valence-electron chi connectivity index (χ0n) is 11.3. The number of benzene rings is 2. The Morgan fingerprint density at radius 2 is 1.86 bits per heavy atom. The standard InChI is InChI=1S/C16H13Cl2NO2/c1-9-16(20)19-14-7-6-10(17)8-12(14)15(21-9)11-4-2-3-5-13(11)18/h2-9,15H,1H3,(H,19,20). The molecule has 2 aromatic rings. The lowest BCUT2D eigenvalue weighted by atomic mass is 9.99. The van der Waals surface area contributed by atoms with Crippen molar-refractivity contribution in [1.29, 1.82) is 0 Å². The van der Waals surface area contributed by atoms with Crippen LogP contribution in [0.2, 0.25) is 10.0 Å². The quantitative estimate of drug-likeness (QED) is 0.843. The van der Waals surface area contributed by atoms with Gasteiger partial charge in [0.05, 0.1) is 0 Å². The van der Waals surface area contributed by atoms with Crippen molar-refractivity contribution in [3.8, 4) is 0 Å². The second kappa shape index (κ2) is 5.68. The first-order chi connectivity index (χ1) is 10.1. The third-order valence-electron chi connectivity index (χ3n) is 3.45. The fourth-order valence-electron chi connectivity index (χ4n) is 2.37. The van der Waals surface area contributed by atoms with Gasteiger partial charge in [0.1, 0.15) is 12.2 Å². The molecule has 108 valence electrons. The Morgan fingerprint density at radius 3 is 2.62 bits per heavy atom. The lowest BCUT2D eigenvalue weighted by molar-refractivity contribution is -0.128. The van der Waals surface area contributed by atoms with Crippen LogP contribution in [-0.2, 0) is 9.53 Å². The zero-order chi connectivity index (χ0) is 15.0. The minimum absolute atomic E-state index is 0.187. The van der Waals surface area contributed by atoms with E-state index < -0.39 is 12.2 Å². The van der Waals surface area contributed by atoms with Crippen molar-refractivity contribution in [1.82, 2.24) is 0 Å². The van der Waals surface area contributed by atoms with Gasteiger partial charge in [-0.15, -0.1) is 0 Å². The molecule has 1 aliphatic rings. The third kappa shape index (κ3) is 2.77. The minimum Gasteiger partial charge on any atom is -0.356 e. The summed E-state index contributed by atoms with van der Waals surface area (Å²) in [6.45, 7) is 1.71. The van der Waals surface area contributed by atoms with Crippen molar-refractivity contribution in [2.75, 3.05) is 5.32 Å². The number of hydrogen-bond acceptors (Lipinski definition) is 2. The number of ether oxygens (including phenoxy) is 1. The Morgan fingerprint density at radius 1 is 1.10 bits per heavy atom. The highest BCUT2D eigenvalue weighted by Gasteiger charge is 2.30. The monoisotopic (exact) mass is 321 g/mol. The van der Waals surface area contributed by atoms with E-state index in [-0.39, 0.29) is 5.91 Å². The molecule has 1 heterocycles. The van der Waals surface area contributed by atoms with Crippen LogP contribution in [-0.4, -0.2) is 12.0 Å². The summed E-state index contributed by atoms with van der Waals surface area (Å²) in [4.78, 5) is 12.0. The largest absolute Gasteiger partial charge is 0.356 e. The maximum atomic E-state index is 12.0. The second-order valence-electron chi connectivity index (χ2n) is 4.90. The summed E-state index contributed by atoms with van der Waals surface area (Å²) < 4.78 is 5.92. The maximum Gasteiger partial charge on any atom is 0.253 e. The molecule has 3 rings (SSSR count). The van der Waals surface area contributed by atoms with E-state index in [0.29, 0.717) is 15.7 Å². The van der Waals surface area contributed by atoms with E-state index in [4.69, 9.17) is 27.9 Å². The third-order valence-corrected chi connectivity index (χ3v) is 4.03. The van der Waals surface area contributed by atoms with Crippen LogP contribution in [0.4, 0.5) is 5.69 Å².